The van der Waals surface area contributed by atoms with Crippen LogP contribution in [0.4, 0.5) is 4.79 Å². The Labute approximate surface area is 238 Å². The van der Waals surface area contributed by atoms with Crippen LogP contribution in [-0.4, -0.2) is 78.3 Å². The third-order valence-corrected chi connectivity index (χ3v) is 13.0. The number of benzene rings is 2. The Hall–Kier alpha value is -3.17. The van der Waals surface area contributed by atoms with Gasteiger partial charge in [-0.25, -0.2) is 9.59 Å². The van der Waals surface area contributed by atoms with Crippen molar-refractivity contribution in [2.45, 2.75) is 82.5 Å². The Morgan fingerprint density at radius 1 is 1.00 bits per heavy atom. The molecule has 2 amide bonds. The van der Waals surface area contributed by atoms with E-state index in [1.807, 2.05) is 74.5 Å². The number of carbonyl (C=O) groups is 3. The quantitative estimate of drug-likeness (QED) is 0.299. The molecule has 2 heterocycles. The number of carbonyl (C=O) groups excluding carboxylic acids is 3. The van der Waals surface area contributed by atoms with Crippen molar-refractivity contribution >= 4 is 36.7 Å². The van der Waals surface area contributed by atoms with Crippen molar-refractivity contribution in [3.8, 4) is 0 Å². The first kappa shape index (κ1) is 29.8. The van der Waals surface area contributed by atoms with E-state index >= 15 is 0 Å². The molecule has 0 saturated carbocycles. The zero-order valence-electron chi connectivity index (χ0n) is 24.5. The van der Waals surface area contributed by atoms with Crippen LogP contribution in [0, 0.1) is 0 Å². The van der Waals surface area contributed by atoms with Crippen molar-refractivity contribution in [3.05, 3.63) is 60.7 Å². The van der Waals surface area contributed by atoms with Gasteiger partial charge in [0.25, 0.3) is 14.2 Å². The van der Waals surface area contributed by atoms with E-state index in [9.17, 15) is 19.2 Å². The Kier molecular flexibility index (Phi) is 8.20. The van der Waals surface area contributed by atoms with Gasteiger partial charge in [-0.05, 0) is 61.9 Å². The molecule has 2 aromatic carbocycles. The van der Waals surface area contributed by atoms with Crippen molar-refractivity contribution < 1.29 is 28.7 Å². The smallest absolute Gasteiger partial charge is 0.411 e. The Morgan fingerprint density at radius 3 is 2.02 bits per heavy atom. The zero-order chi connectivity index (χ0) is 29.3. The average molecular weight is 567 g/mol. The molecule has 0 aromatic heterocycles. The topological polar surface area (TPSA) is 96.4 Å². The molecule has 9 heteroatoms. The Balaban J connectivity index is 1.57. The lowest BCUT2D eigenvalue weighted by Crippen LogP contribution is -2.75. The zero-order valence-corrected chi connectivity index (χ0v) is 25.5. The van der Waals surface area contributed by atoms with E-state index in [0.29, 0.717) is 32.2 Å². The molecule has 216 valence electrons. The van der Waals surface area contributed by atoms with E-state index in [2.05, 4.69) is 0 Å². The predicted octanol–water partition coefficient (Wildman–Crippen LogP) is 3.45. The molecule has 0 bridgehead atoms. The Bertz CT molecular complexity index is 1190. The van der Waals surface area contributed by atoms with Gasteiger partial charge in [0.15, 0.2) is 0 Å². The molecule has 2 fully saturated rings. The monoisotopic (exact) mass is 566 g/mol. The summed E-state index contributed by atoms with van der Waals surface area (Å²) in [4.78, 5) is 55.3. The van der Waals surface area contributed by atoms with Crippen molar-refractivity contribution in [1.29, 1.82) is 0 Å². The summed E-state index contributed by atoms with van der Waals surface area (Å²) in [6, 6.07) is 18.6. The normalized spacial score (nSPS) is 20.3. The SMILES string of the molecule is COC(=O)C(CCC(C)(C)[Si](O)(c1ccccc1)c1ccccc1)N1CC2(CCCN2C(=O)OC(C)(C)C)C1=O. The standard InChI is InChI=1S/C31H42N2O6Si/c1-29(2,3)39-28(36)33-21-13-19-31(33)22-32(27(31)35)25(26(34)38-6)18-20-30(4,5)40(37,23-14-9-7-10-15-23)24-16-11-8-12-17-24/h7-12,14-17,25,37H,13,18-22H2,1-6H3. The number of rotatable bonds is 8. The first-order valence-electron chi connectivity index (χ1n) is 14.0. The minimum atomic E-state index is -3.29. The summed E-state index contributed by atoms with van der Waals surface area (Å²) in [5.41, 5.74) is -1.65. The fourth-order valence-corrected chi connectivity index (χ4v) is 9.97. The number of hydrogen-bond acceptors (Lipinski definition) is 6. The molecule has 0 aliphatic carbocycles. The second kappa shape index (κ2) is 11.0. The van der Waals surface area contributed by atoms with Gasteiger partial charge in [-0.1, -0.05) is 74.5 Å². The summed E-state index contributed by atoms with van der Waals surface area (Å²) in [6.45, 7) is 10.2. The highest BCUT2D eigenvalue weighted by atomic mass is 28.4. The van der Waals surface area contributed by atoms with Gasteiger partial charge in [0.05, 0.1) is 13.7 Å². The van der Waals surface area contributed by atoms with Crippen molar-refractivity contribution in [1.82, 2.24) is 9.80 Å². The number of nitrogens with zero attached hydrogens (tertiary/aromatic N) is 2. The number of β-lactam (4-membered cyclic amide) rings is 1. The van der Waals surface area contributed by atoms with Crippen molar-refractivity contribution in [2.75, 3.05) is 20.2 Å². The summed E-state index contributed by atoms with van der Waals surface area (Å²) in [6.07, 6.45) is 1.53. The number of esters is 1. The fourth-order valence-electron chi connectivity index (χ4n) is 6.22. The van der Waals surface area contributed by atoms with Crippen molar-refractivity contribution in [3.63, 3.8) is 0 Å². The van der Waals surface area contributed by atoms with Gasteiger partial charge in [0, 0.05) is 6.54 Å². The largest absolute Gasteiger partial charge is 0.467 e. The first-order valence-corrected chi connectivity index (χ1v) is 15.9. The maximum atomic E-state index is 13.7. The van der Waals surface area contributed by atoms with Crippen LogP contribution in [0.5, 0.6) is 0 Å². The summed E-state index contributed by atoms with van der Waals surface area (Å²) >= 11 is 0. The highest BCUT2D eigenvalue weighted by molar-refractivity contribution is 6.98. The van der Waals surface area contributed by atoms with Crippen LogP contribution in [0.15, 0.2) is 60.7 Å². The predicted molar refractivity (Wildman–Crippen MR) is 156 cm³/mol. The van der Waals surface area contributed by atoms with Crippen LogP contribution in [0.3, 0.4) is 0 Å². The van der Waals surface area contributed by atoms with Crippen LogP contribution >= 0.6 is 0 Å². The number of amides is 2. The molecule has 2 saturated heterocycles. The first-order chi connectivity index (χ1) is 18.8. The number of likely N-dealkylation sites (tertiary alicyclic amines) is 2. The molecule has 2 atom stereocenters. The second-order valence-corrected chi connectivity index (χ2v) is 16.5. The summed E-state index contributed by atoms with van der Waals surface area (Å²) in [7, 11) is -1.97. The highest BCUT2D eigenvalue weighted by Gasteiger charge is 2.63. The lowest BCUT2D eigenvalue weighted by molar-refractivity contribution is -0.173. The third kappa shape index (κ3) is 5.29. The minimum Gasteiger partial charge on any atom is -0.467 e. The molecule has 2 aliphatic heterocycles. The van der Waals surface area contributed by atoms with Crippen LogP contribution in [0.25, 0.3) is 0 Å². The number of methoxy groups -OCH3 is 1. The minimum absolute atomic E-state index is 0.248. The van der Waals surface area contributed by atoms with Crippen molar-refractivity contribution in [2.24, 2.45) is 0 Å². The molecule has 2 unspecified atom stereocenters. The highest BCUT2D eigenvalue weighted by Crippen LogP contribution is 2.44. The van der Waals surface area contributed by atoms with E-state index in [-0.39, 0.29) is 12.5 Å². The summed E-state index contributed by atoms with van der Waals surface area (Å²) < 4.78 is 10.7. The molecule has 1 N–H and O–H groups in total. The van der Waals surface area contributed by atoms with E-state index in [4.69, 9.17) is 9.47 Å². The lowest BCUT2D eigenvalue weighted by Gasteiger charge is -2.53. The van der Waals surface area contributed by atoms with Crippen LogP contribution < -0.4 is 10.4 Å². The van der Waals surface area contributed by atoms with Gasteiger partial charge in [-0.15, -0.1) is 0 Å². The summed E-state index contributed by atoms with van der Waals surface area (Å²) in [5.74, 6) is -0.742. The van der Waals surface area contributed by atoms with Crippen LogP contribution in [-0.2, 0) is 19.1 Å². The molecule has 8 nitrogen and oxygen atoms in total. The summed E-state index contributed by atoms with van der Waals surface area (Å²) in [5, 5.41) is 1.18. The molecule has 2 aliphatic rings. The van der Waals surface area contributed by atoms with Crippen LogP contribution in [0.1, 0.15) is 60.3 Å². The van der Waals surface area contributed by atoms with Gasteiger partial charge < -0.3 is 19.2 Å². The van der Waals surface area contributed by atoms with Gasteiger partial charge >= 0.3 is 12.1 Å². The molecule has 2 aromatic rings. The number of hydrogen-bond donors (Lipinski definition) is 1. The molecule has 0 radical (unpaired) electrons. The van der Waals surface area contributed by atoms with E-state index < -0.39 is 42.6 Å². The molecule has 40 heavy (non-hydrogen) atoms. The lowest BCUT2D eigenvalue weighted by atomic mass is 9.83. The van der Waals surface area contributed by atoms with E-state index in [1.165, 1.54) is 16.9 Å². The van der Waals surface area contributed by atoms with E-state index in [1.54, 1.807) is 20.8 Å². The number of ether oxygens (including phenoxy) is 2. The Morgan fingerprint density at radius 2 is 1.55 bits per heavy atom. The maximum absolute atomic E-state index is 13.7. The second-order valence-electron chi connectivity index (χ2n) is 12.6. The fraction of sp³-hybridized carbons (Fsp3) is 0.516. The molecule has 4 rings (SSSR count). The van der Waals surface area contributed by atoms with Gasteiger partial charge in [0.1, 0.15) is 17.2 Å². The van der Waals surface area contributed by atoms with E-state index in [0.717, 1.165) is 10.4 Å². The average Bonchev–Trinajstić information content (AvgIpc) is 3.39. The van der Waals surface area contributed by atoms with Gasteiger partial charge in [0.2, 0.25) is 0 Å². The third-order valence-electron chi connectivity index (χ3n) is 8.45. The van der Waals surface area contributed by atoms with Crippen LogP contribution in [0.2, 0.25) is 5.04 Å². The molecular weight excluding hydrogens is 524 g/mol. The maximum Gasteiger partial charge on any atom is 0.411 e. The van der Waals surface area contributed by atoms with Gasteiger partial charge in [-0.2, -0.15) is 0 Å². The molecular formula is C31H42N2O6Si. The molecule has 1 spiro atoms. The van der Waals surface area contributed by atoms with Gasteiger partial charge in [-0.3, -0.25) is 9.69 Å².